The van der Waals surface area contributed by atoms with Crippen molar-refractivity contribution in [1.29, 1.82) is 0 Å². The number of carboxylic acids is 1. The van der Waals surface area contributed by atoms with E-state index in [4.69, 9.17) is 0 Å². The average Bonchev–Trinajstić information content (AvgIpc) is 3.21. The first-order valence-corrected chi connectivity index (χ1v) is 12.0. The lowest BCUT2D eigenvalue weighted by Crippen LogP contribution is -2.36. The molecule has 9 heteroatoms. The number of halogens is 3. The number of anilines is 1. The minimum atomic E-state index is -4.56. The van der Waals surface area contributed by atoms with E-state index in [1.807, 2.05) is 38.1 Å². The highest BCUT2D eigenvalue weighted by Crippen LogP contribution is 2.43. The third-order valence-corrected chi connectivity index (χ3v) is 7.15. The number of pyridine rings is 1. The van der Waals surface area contributed by atoms with E-state index in [1.165, 1.54) is 17.2 Å². The van der Waals surface area contributed by atoms with Gasteiger partial charge in [0.15, 0.2) is 0 Å². The van der Waals surface area contributed by atoms with Crippen molar-refractivity contribution in [2.75, 3.05) is 11.4 Å². The summed E-state index contributed by atoms with van der Waals surface area (Å²) in [7, 11) is 0. The smallest absolute Gasteiger partial charge is 0.417 e. The van der Waals surface area contributed by atoms with Crippen LogP contribution in [0.1, 0.15) is 37.3 Å². The molecule has 2 atom stereocenters. The molecule has 1 saturated heterocycles. The summed E-state index contributed by atoms with van der Waals surface area (Å²) >= 11 is 1.09. The predicted octanol–water partition coefficient (Wildman–Crippen LogP) is 6.07. The van der Waals surface area contributed by atoms with E-state index in [9.17, 15) is 28.2 Å². The molecular weight excluding hydrogens is 477 g/mol. The van der Waals surface area contributed by atoms with Crippen molar-refractivity contribution in [1.82, 2.24) is 4.98 Å². The molecule has 2 heterocycles. The van der Waals surface area contributed by atoms with E-state index >= 15 is 0 Å². The fourth-order valence-corrected chi connectivity index (χ4v) is 5.47. The molecule has 4 rings (SSSR count). The van der Waals surface area contributed by atoms with Crippen LogP contribution in [0, 0.1) is 0 Å². The quantitative estimate of drug-likeness (QED) is 0.427. The average molecular weight is 503 g/mol. The molecule has 3 aromatic rings. The summed E-state index contributed by atoms with van der Waals surface area (Å²) in [5, 5.41) is 19.4. The number of aliphatic hydroxyl groups is 1. The molecule has 0 aliphatic carbocycles. The van der Waals surface area contributed by atoms with Crippen molar-refractivity contribution in [2.24, 2.45) is 0 Å². The first kappa shape index (κ1) is 25.1. The Kier molecular flexibility index (Phi) is 7.10. The second kappa shape index (κ2) is 9.91. The number of aliphatic hydroxyl groups excluding tert-OH is 1. The van der Waals surface area contributed by atoms with E-state index in [1.54, 1.807) is 18.2 Å². The number of nitrogens with zero attached hydrogens (tertiary/aromatic N) is 2. The molecule has 35 heavy (non-hydrogen) atoms. The van der Waals surface area contributed by atoms with Crippen molar-refractivity contribution in [3.63, 3.8) is 0 Å². The fourth-order valence-electron chi connectivity index (χ4n) is 4.25. The van der Waals surface area contributed by atoms with Crippen LogP contribution in [0.5, 0.6) is 0 Å². The zero-order chi connectivity index (χ0) is 25.3. The van der Waals surface area contributed by atoms with Gasteiger partial charge in [0.25, 0.3) is 0 Å². The Labute approximate surface area is 205 Å². The van der Waals surface area contributed by atoms with E-state index in [-0.39, 0.29) is 23.8 Å². The molecule has 1 aliphatic rings. The normalized spacial score (nSPS) is 18.3. The maximum atomic E-state index is 14.1. The molecule has 0 saturated carbocycles. The van der Waals surface area contributed by atoms with Gasteiger partial charge in [-0.05, 0) is 52.9 Å². The third kappa shape index (κ3) is 5.46. The number of rotatable bonds is 6. The number of alkyl halides is 3. The van der Waals surface area contributed by atoms with Gasteiger partial charge in [-0.15, -0.1) is 0 Å². The largest absolute Gasteiger partial charge is 0.480 e. The predicted molar refractivity (Wildman–Crippen MR) is 129 cm³/mol. The van der Waals surface area contributed by atoms with Crippen LogP contribution in [-0.2, 0) is 11.0 Å². The van der Waals surface area contributed by atoms with Crippen molar-refractivity contribution in [2.45, 2.75) is 54.3 Å². The number of aromatic nitrogens is 1. The molecule has 0 bridgehead atoms. The zero-order valence-corrected chi connectivity index (χ0v) is 20.0. The van der Waals surface area contributed by atoms with Crippen molar-refractivity contribution < 1.29 is 28.2 Å². The Morgan fingerprint density at radius 2 is 1.80 bits per heavy atom. The Morgan fingerprint density at radius 1 is 1.09 bits per heavy atom. The summed E-state index contributed by atoms with van der Waals surface area (Å²) in [6.45, 7) is 4.09. The molecule has 1 aromatic heterocycles. The van der Waals surface area contributed by atoms with Crippen LogP contribution >= 0.6 is 11.8 Å². The van der Waals surface area contributed by atoms with E-state index in [0.29, 0.717) is 16.9 Å². The first-order valence-electron chi connectivity index (χ1n) is 11.2. The lowest BCUT2D eigenvalue weighted by atomic mass is 10.0. The summed E-state index contributed by atoms with van der Waals surface area (Å²) in [5.41, 5.74) is 1.06. The van der Waals surface area contributed by atoms with E-state index in [2.05, 4.69) is 4.98 Å². The van der Waals surface area contributed by atoms with Crippen LogP contribution in [0.3, 0.4) is 0 Å². The Hall–Kier alpha value is -3.04. The number of aliphatic carboxylic acids is 1. The lowest BCUT2D eigenvalue weighted by Gasteiger charge is -2.23. The topological polar surface area (TPSA) is 73.7 Å². The molecule has 2 N–H and O–H groups in total. The van der Waals surface area contributed by atoms with Gasteiger partial charge >= 0.3 is 12.1 Å². The number of carbonyl (C=O) groups is 1. The van der Waals surface area contributed by atoms with Gasteiger partial charge in [-0.1, -0.05) is 49.9 Å². The Bertz CT molecular complexity index is 1230. The van der Waals surface area contributed by atoms with Gasteiger partial charge in [-0.2, -0.15) is 13.2 Å². The van der Waals surface area contributed by atoms with Crippen LogP contribution < -0.4 is 4.90 Å². The summed E-state index contributed by atoms with van der Waals surface area (Å²) in [4.78, 5) is 18.1. The lowest BCUT2D eigenvalue weighted by molar-refractivity contribution is -0.140. The highest BCUT2D eigenvalue weighted by Gasteiger charge is 2.37. The van der Waals surface area contributed by atoms with Gasteiger partial charge in [-0.3, -0.25) is 0 Å². The van der Waals surface area contributed by atoms with Gasteiger partial charge in [0.2, 0.25) is 0 Å². The molecule has 2 unspecified atom stereocenters. The number of hydrogen-bond acceptors (Lipinski definition) is 5. The summed E-state index contributed by atoms with van der Waals surface area (Å²) in [5.74, 6) is -0.623. The van der Waals surface area contributed by atoms with Gasteiger partial charge in [0.1, 0.15) is 11.9 Å². The fraction of sp³-hybridized carbons (Fsp3) is 0.308. The van der Waals surface area contributed by atoms with Crippen LogP contribution in [-0.4, -0.2) is 39.9 Å². The first-order chi connectivity index (χ1) is 16.5. The van der Waals surface area contributed by atoms with Crippen LogP contribution in [0.15, 0.2) is 70.6 Å². The van der Waals surface area contributed by atoms with Crippen molar-refractivity contribution >= 4 is 23.5 Å². The summed E-state index contributed by atoms with van der Waals surface area (Å²) < 4.78 is 42.3. The van der Waals surface area contributed by atoms with Crippen LogP contribution in [0.2, 0.25) is 0 Å². The molecule has 0 spiro atoms. The van der Waals surface area contributed by atoms with Gasteiger partial charge in [0, 0.05) is 29.0 Å². The molecule has 1 aliphatic heterocycles. The highest BCUT2D eigenvalue weighted by atomic mass is 32.2. The van der Waals surface area contributed by atoms with E-state index < -0.39 is 29.9 Å². The van der Waals surface area contributed by atoms with Gasteiger partial charge in [-0.25, -0.2) is 9.78 Å². The van der Waals surface area contributed by atoms with Gasteiger partial charge in [0.05, 0.1) is 11.7 Å². The molecule has 184 valence electrons. The Morgan fingerprint density at radius 3 is 2.49 bits per heavy atom. The maximum Gasteiger partial charge on any atom is 0.417 e. The SMILES string of the molecule is CC(C)c1ccccc1Sc1ccc(-c2ccnc(N3CC(O)CC3C(=O)O)c2)cc1C(F)(F)F. The van der Waals surface area contributed by atoms with Crippen molar-refractivity contribution in [3.8, 4) is 11.1 Å². The minimum absolute atomic E-state index is 0.0588. The number of hydrogen-bond donors (Lipinski definition) is 2. The zero-order valence-electron chi connectivity index (χ0n) is 19.2. The number of benzene rings is 2. The third-order valence-electron chi connectivity index (χ3n) is 5.98. The second-order valence-electron chi connectivity index (χ2n) is 8.80. The monoisotopic (exact) mass is 502 g/mol. The van der Waals surface area contributed by atoms with Gasteiger partial charge < -0.3 is 15.1 Å². The van der Waals surface area contributed by atoms with Crippen molar-refractivity contribution in [3.05, 3.63) is 71.9 Å². The minimum Gasteiger partial charge on any atom is -0.480 e. The maximum absolute atomic E-state index is 14.1. The van der Waals surface area contributed by atoms with E-state index in [0.717, 1.165) is 28.3 Å². The molecule has 0 radical (unpaired) electrons. The molecule has 2 aromatic carbocycles. The molecular formula is C26H25F3N2O3S. The number of carboxylic acid groups (broad SMARTS) is 1. The number of β-amino-alcohol motifs (C(OH)–C–C–N with tert-alkyl or cyclic N) is 1. The van der Waals surface area contributed by atoms with Crippen LogP contribution in [0.4, 0.5) is 19.0 Å². The second-order valence-corrected chi connectivity index (χ2v) is 9.89. The summed E-state index contributed by atoms with van der Waals surface area (Å²) in [6, 6.07) is 13.9. The Balaban J connectivity index is 1.71. The standard InChI is InChI=1S/C26H25F3N2O3S/c1-15(2)19-5-3-4-6-22(19)35-23-8-7-16(11-20(23)26(27,28)29)17-9-10-30-24(12-17)31-14-18(32)13-21(31)25(33)34/h3-12,15,18,21,32H,13-14H2,1-2H3,(H,33,34). The highest BCUT2D eigenvalue weighted by molar-refractivity contribution is 7.99. The summed E-state index contributed by atoms with van der Waals surface area (Å²) in [6.07, 6.45) is -3.88. The molecule has 5 nitrogen and oxygen atoms in total. The molecule has 1 fully saturated rings. The molecule has 0 amide bonds. The van der Waals surface area contributed by atoms with Crippen LogP contribution in [0.25, 0.3) is 11.1 Å².